The van der Waals surface area contributed by atoms with Crippen LogP contribution in [-0.4, -0.2) is 34.8 Å². The van der Waals surface area contributed by atoms with Crippen LogP contribution < -0.4 is 5.32 Å². The maximum absolute atomic E-state index is 11.5. The number of carbonyl (C=O) groups is 1. The van der Waals surface area contributed by atoms with Crippen molar-refractivity contribution in [2.24, 2.45) is 0 Å². The van der Waals surface area contributed by atoms with Crippen LogP contribution in [-0.2, 0) is 9.53 Å². The first-order chi connectivity index (χ1) is 8.68. The largest absolute Gasteiger partial charge is 0.480 e. The number of hydrogen-bond acceptors (Lipinski definition) is 5. The summed E-state index contributed by atoms with van der Waals surface area (Å²) < 4.78 is 5.19. The third-order valence-corrected chi connectivity index (χ3v) is 3.07. The van der Waals surface area contributed by atoms with Crippen molar-refractivity contribution in [3.05, 3.63) is 24.0 Å². The van der Waals surface area contributed by atoms with Crippen molar-refractivity contribution < 1.29 is 14.6 Å². The van der Waals surface area contributed by atoms with Crippen molar-refractivity contribution in [3.63, 3.8) is 0 Å². The van der Waals surface area contributed by atoms with E-state index < -0.39 is 11.5 Å². The van der Waals surface area contributed by atoms with Crippen molar-refractivity contribution in [2.45, 2.75) is 18.4 Å². The van der Waals surface area contributed by atoms with Crippen LogP contribution in [0.15, 0.2) is 18.5 Å². The van der Waals surface area contributed by atoms with Gasteiger partial charge in [0.1, 0.15) is 11.6 Å². The third-order valence-electron chi connectivity index (χ3n) is 3.07. The maximum atomic E-state index is 11.5. The summed E-state index contributed by atoms with van der Waals surface area (Å²) in [5.74, 6) is -0.932. The number of nitrogens with one attached hydrogen (secondary N) is 1. The maximum Gasteiger partial charge on any atom is 0.329 e. The number of pyridine rings is 1. The molecule has 1 aromatic heterocycles. The van der Waals surface area contributed by atoms with E-state index in [4.69, 9.17) is 10.00 Å². The minimum atomic E-state index is -1.08. The Morgan fingerprint density at radius 2 is 2.28 bits per heavy atom. The monoisotopic (exact) mass is 247 g/mol. The molecular formula is C12H13N3O3. The highest BCUT2D eigenvalue weighted by atomic mass is 16.5. The zero-order valence-corrected chi connectivity index (χ0v) is 9.72. The Hall–Kier alpha value is -2.13. The van der Waals surface area contributed by atoms with Gasteiger partial charge in [-0.15, -0.1) is 0 Å². The zero-order chi connectivity index (χ0) is 13.0. The minimum Gasteiger partial charge on any atom is -0.480 e. The number of carboxylic acid groups (broad SMARTS) is 1. The highest BCUT2D eigenvalue weighted by molar-refractivity contribution is 5.83. The fraction of sp³-hybridized carbons (Fsp3) is 0.417. The standard InChI is InChI=1S/C12H13N3O3/c13-7-9-1-4-14-8-10(9)15-12(11(16)17)2-5-18-6-3-12/h1,4,8,15H,2-3,5-6H2,(H,16,17). The molecule has 18 heavy (non-hydrogen) atoms. The molecular weight excluding hydrogens is 234 g/mol. The highest BCUT2D eigenvalue weighted by Crippen LogP contribution is 2.27. The normalized spacial score (nSPS) is 17.7. The Balaban J connectivity index is 2.29. The number of hydrogen-bond donors (Lipinski definition) is 2. The summed E-state index contributed by atoms with van der Waals surface area (Å²) >= 11 is 0. The second-order valence-corrected chi connectivity index (χ2v) is 4.16. The van der Waals surface area contributed by atoms with E-state index in [1.807, 2.05) is 6.07 Å². The molecule has 2 N–H and O–H groups in total. The Morgan fingerprint density at radius 3 is 2.89 bits per heavy atom. The van der Waals surface area contributed by atoms with E-state index in [1.54, 1.807) is 6.07 Å². The Bertz CT molecular complexity index is 490. The zero-order valence-electron chi connectivity index (χ0n) is 9.72. The summed E-state index contributed by atoms with van der Waals surface area (Å²) in [6, 6.07) is 3.57. The van der Waals surface area contributed by atoms with E-state index in [-0.39, 0.29) is 0 Å². The van der Waals surface area contributed by atoms with Gasteiger partial charge in [-0.25, -0.2) is 4.79 Å². The van der Waals surface area contributed by atoms with E-state index in [0.29, 0.717) is 37.3 Å². The first-order valence-corrected chi connectivity index (χ1v) is 5.61. The van der Waals surface area contributed by atoms with Gasteiger partial charge in [0.2, 0.25) is 0 Å². The predicted octanol–water partition coefficient (Wildman–Crippen LogP) is 0.999. The molecule has 6 heteroatoms. The SMILES string of the molecule is N#Cc1ccncc1NC1(C(=O)O)CCOCC1. The molecule has 0 radical (unpaired) electrons. The van der Waals surface area contributed by atoms with Gasteiger partial charge in [-0.2, -0.15) is 5.26 Å². The predicted molar refractivity (Wildman–Crippen MR) is 63.0 cm³/mol. The molecule has 1 fully saturated rings. The van der Waals surface area contributed by atoms with Gasteiger partial charge >= 0.3 is 5.97 Å². The lowest BCUT2D eigenvalue weighted by Crippen LogP contribution is -2.50. The van der Waals surface area contributed by atoms with Crippen LogP contribution in [0, 0.1) is 11.3 Å². The van der Waals surface area contributed by atoms with Gasteiger partial charge in [0, 0.05) is 32.3 Å². The molecule has 2 heterocycles. The minimum absolute atomic E-state index is 0.363. The van der Waals surface area contributed by atoms with Crippen molar-refractivity contribution in [1.82, 2.24) is 4.98 Å². The van der Waals surface area contributed by atoms with Crippen molar-refractivity contribution in [3.8, 4) is 6.07 Å². The van der Waals surface area contributed by atoms with E-state index in [9.17, 15) is 9.90 Å². The molecule has 94 valence electrons. The molecule has 1 aliphatic rings. The molecule has 1 saturated heterocycles. The molecule has 0 aliphatic carbocycles. The number of ether oxygens (including phenoxy) is 1. The molecule has 1 aliphatic heterocycles. The number of nitrogens with zero attached hydrogens (tertiary/aromatic N) is 2. The van der Waals surface area contributed by atoms with E-state index in [0.717, 1.165) is 0 Å². The summed E-state index contributed by atoms with van der Waals surface area (Å²) in [6.07, 6.45) is 3.70. The average Bonchev–Trinajstić information content (AvgIpc) is 2.40. The van der Waals surface area contributed by atoms with E-state index in [1.165, 1.54) is 12.4 Å². The molecule has 0 atom stereocenters. The molecule has 6 nitrogen and oxygen atoms in total. The summed E-state index contributed by atoms with van der Waals surface area (Å²) in [4.78, 5) is 15.4. The molecule has 0 spiro atoms. The van der Waals surface area contributed by atoms with Crippen LogP contribution in [0.25, 0.3) is 0 Å². The molecule has 1 aromatic rings. The van der Waals surface area contributed by atoms with Crippen LogP contribution in [0.3, 0.4) is 0 Å². The Labute approximate surface area is 104 Å². The molecule has 0 unspecified atom stereocenters. The molecule has 0 aromatic carbocycles. The molecule has 2 rings (SSSR count). The lowest BCUT2D eigenvalue weighted by molar-refractivity contribution is -0.145. The van der Waals surface area contributed by atoms with Crippen LogP contribution in [0.5, 0.6) is 0 Å². The van der Waals surface area contributed by atoms with Crippen LogP contribution in [0.1, 0.15) is 18.4 Å². The first kappa shape index (κ1) is 12.3. The lowest BCUT2D eigenvalue weighted by atomic mass is 9.89. The number of anilines is 1. The smallest absolute Gasteiger partial charge is 0.329 e. The number of nitriles is 1. The lowest BCUT2D eigenvalue weighted by Gasteiger charge is -2.34. The third kappa shape index (κ3) is 2.26. The number of aliphatic carboxylic acids is 1. The first-order valence-electron chi connectivity index (χ1n) is 5.61. The van der Waals surface area contributed by atoms with Crippen LogP contribution in [0.2, 0.25) is 0 Å². The summed E-state index contributed by atoms with van der Waals surface area (Å²) in [7, 11) is 0. The van der Waals surface area contributed by atoms with Gasteiger partial charge in [-0.3, -0.25) is 4.98 Å². The van der Waals surface area contributed by atoms with Gasteiger partial charge in [0.15, 0.2) is 0 Å². The fourth-order valence-corrected chi connectivity index (χ4v) is 1.96. The number of rotatable bonds is 3. The summed E-state index contributed by atoms with van der Waals surface area (Å²) in [5.41, 5.74) is -0.242. The molecule has 0 amide bonds. The van der Waals surface area contributed by atoms with Crippen molar-refractivity contribution >= 4 is 11.7 Å². The van der Waals surface area contributed by atoms with Gasteiger partial charge in [0.05, 0.1) is 17.4 Å². The van der Waals surface area contributed by atoms with Gasteiger partial charge < -0.3 is 15.2 Å². The van der Waals surface area contributed by atoms with Crippen LogP contribution in [0.4, 0.5) is 5.69 Å². The summed E-state index contributed by atoms with van der Waals surface area (Å²) in [5, 5.41) is 21.3. The molecule has 0 bridgehead atoms. The van der Waals surface area contributed by atoms with Crippen molar-refractivity contribution in [2.75, 3.05) is 18.5 Å². The Morgan fingerprint density at radius 1 is 1.56 bits per heavy atom. The second kappa shape index (κ2) is 5.02. The quantitative estimate of drug-likeness (QED) is 0.827. The Kier molecular flexibility index (Phi) is 3.44. The average molecular weight is 247 g/mol. The topological polar surface area (TPSA) is 95.2 Å². The highest BCUT2D eigenvalue weighted by Gasteiger charge is 2.40. The van der Waals surface area contributed by atoms with Gasteiger partial charge in [-0.1, -0.05) is 0 Å². The van der Waals surface area contributed by atoms with Crippen LogP contribution >= 0.6 is 0 Å². The van der Waals surface area contributed by atoms with Gasteiger partial charge in [-0.05, 0) is 6.07 Å². The fourth-order valence-electron chi connectivity index (χ4n) is 1.96. The van der Waals surface area contributed by atoms with E-state index in [2.05, 4.69) is 10.3 Å². The summed E-state index contributed by atoms with van der Waals surface area (Å²) in [6.45, 7) is 0.781. The van der Waals surface area contributed by atoms with Gasteiger partial charge in [0.25, 0.3) is 0 Å². The second-order valence-electron chi connectivity index (χ2n) is 4.16. The number of carboxylic acids is 1. The number of aromatic nitrogens is 1. The van der Waals surface area contributed by atoms with Crippen molar-refractivity contribution in [1.29, 1.82) is 5.26 Å². The van der Waals surface area contributed by atoms with E-state index >= 15 is 0 Å². The molecule has 0 saturated carbocycles.